The van der Waals surface area contributed by atoms with E-state index >= 15 is 0 Å². The van der Waals surface area contributed by atoms with Crippen molar-refractivity contribution < 1.29 is 9.53 Å². The van der Waals surface area contributed by atoms with Crippen LogP contribution in [0, 0.1) is 0 Å². The number of nitrogens with zero attached hydrogens (tertiary/aromatic N) is 2. The summed E-state index contributed by atoms with van der Waals surface area (Å²) < 4.78 is 5.44. The second kappa shape index (κ2) is 8.30. The Hall–Kier alpha value is -3.08. The largest absolute Gasteiger partial charge is 0.494 e. The summed E-state index contributed by atoms with van der Waals surface area (Å²) in [6.45, 7) is 4.09. The molecule has 1 aliphatic rings. The number of rotatable bonds is 4. The van der Waals surface area contributed by atoms with Gasteiger partial charge < -0.3 is 15.0 Å². The maximum atomic E-state index is 12.6. The van der Waals surface area contributed by atoms with Gasteiger partial charge in [-0.1, -0.05) is 18.2 Å². The minimum absolute atomic E-state index is 0.0396. The summed E-state index contributed by atoms with van der Waals surface area (Å²) in [6.07, 6.45) is 3.82. The summed E-state index contributed by atoms with van der Waals surface area (Å²) in [6, 6.07) is 17.9. The van der Waals surface area contributed by atoms with Crippen molar-refractivity contribution in [2.45, 2.75) is 25.7 Å². The number of carbonyl (C=O) groups excluding carboxylic acids is 1. The van der Waals surface area contributed by atoms with Crippen LogP contribution >= 0.6 is 0 Å². The van der Waals surface area contributed by atoms with Crippen molar-refractivity contribution in [2.24, 2.45) is 0 Å². The van der Waals surface area contributed by atoms with Crippen molar-refractivity contribution in [3.8, 4) is 5.75 Å². The lowest BCUT2D eigenvalue weighted by atomic mass is 9.87. The monoisotopic (exact) mass is 375 g/mol. The number of piperidine rings is 1. The van der Waals surface area contributed by atoms with Crippen LogP contribution in [0.5, 0.6) is 5.75 Å². The average Bonchev–Trinajstić information content (AvgIpc) is 2.75. The van der Waals surface area contributed by atoms with Gasteiger partial charge in [-0.15, -0.1) is 0 Å². The zero-order valence-corrected chi connectivity index (χ0v) is 16.1. The zero-order valence-electron chi connectivity index (χ0n) is 16.1. The van der Waals surface area contributed by atoms with Gasteiger partial charge >= 0.3 is 6.03 Å². The number of amides is 2. The minimum atomic E-state index is -0.0396. The normalized spacial score (nSPS) is 14.8. The molecule has 1 N–H and O–H groups in total. The van der Waals surface area contributed by atoms with Crippen LogP contribution in [0.4, 0.5) is 10.5 Å². The predicted molar refractivity (Wildman–Crippen MR) is 112 cm³/mol. The summed E-state index contributed by atoms with van der Waals surface area (Å²) in [4.78, 5) is 19.0. The molecule has 1 fully saturated rings. The van der Waals surface area contributed by atoms with Crippen LogP contribution in [-0.2, 0) is 0 Å². The molecule has 1 aromatic heterocycles. The number of hydrogen-bond donors (Lipinski definition) is 1. The fourth-order valence-corrected chi connectivity index (χ4v) is 3.87. The first-order chi connectivity index (χ1) is 13.7. The summed E-state index contributed by atoms with van der Waals surface area (Å²) in [5, 5.41) is 4.21. The second-order valence-electron chi connectivity index (χ2n) is 7.07. The molecule has 0 saturated carbocycles. The van der Waals surface area contributed by atoms with Gasteiger partial charge in [-0.3, -0.25) is 4.98 Å². The molecule has 0 bridgehead atoms. The van der Waals surface area contributed by atoms with Crippen LogP contribution in [0.3, 0.4) is 0 Å². The van der Waals surface area contributed by atoms with Crippen LogP contribution < -0.4 is 10.1 Å². The highest BCUT2D eigenvalue weighted by Crippen LogP contribution is 2.32. The SMILES string of the molecule is CCOc1ccc(NC(=O)N2CCC(c3ccnc4ccccc34)CC2)cc1. The third kappa shape index (κ3) is 3.93. The van der Waals surface area contributed by atoms with E-state index in [2.05, 4.69) is 34.6 Å². The maximum Gasteiger partial charge on any atom is 0.321 e. The smallest absolute Gasteiger partial charge is 0.321 e. The molecule has 1 saturated heterocycles. The van der Waals surface area contributed by atoms with Gasteiger partial charge in [0.1, 0.15) is 5.75 Å². The van der Waals surface area contributed by atoms with Crippen molar-refractivity contribution in [2.75, 3.05) is 25.0 Å². The van der Waals surface area contributed by atoms with Gasteiger partial charge in [0.2, 0.25) is 0 Å². The predicted octanol–water partition coefficient (Wildman–Crippen LogP) is 5.05. The van der Waals surface area contributed by atoms with E-state index in [1.165, 1.54) is 10.9 Å². The summed E-state index contributed by atoms with van der Waals surface area (Å²) in [5.41, 5.74) is 3.17. The molecule has 2 heterocycles. The number of urea groups is 1. The van der Waals surface area contributed by atoms with E-state index in [1.54, 1.807) is 0 Å². The fourth-order valence-electron chi connectivity index (χ4n) is 3.87. The Morgan fingerprint density at radius 1 is 1.11 bits per heavy atom. The van der Waals surface area contributed by atoms with Gasteiger partial charge in [-0.05, 0) is 67.6 Å². The Morgan fingerprint density at radius 2 is 1.86 bits per heavy atom. The van der Waals surface area contributed by atoms with Crippen LogP contribution in [0.15, 0.2) is 60.8 Å². The Labute approximate surface area is 165 Å². The van der Waals surface area contributed by atoms with Crippen molar-refractivity contribution >= 4 is 22.6 Å². The number of likely N-dealkylation sites (tertiary alicyclic amines) is 1. The average molecular weight is 375 g/mol. The lowest BCUT2D eigenvalue weighted by molar-refractivity contribution is 0.195. The number of ether oxygens (including phenoxy) is 1. The van der Waals surface area contributed by atoms with E-state index in [-0.39, 0.29) is 6.03 Å². The van der Waals surface area contributed by atoms with Gasteiger partial charge in [-0.2, -0.15) is 0 Å². The molecule has 4 rings (SSSR count). The molecule has 2 amide bonds. The molecule has 1 aliphatic heterocycles. The molecule has 0 unspecified atom stereocenters. The number of fused-ring (bicyclic) bond motifs is 1. The Bertz CT molecular complexity index is 942. The molecule has 28 heavy (non-hydrogen) atoms. The van der Waals surface area contributed by atoms with E-state index in [9.17, 15) is 4.79 Å². The third-order valence-electron chi connectivity index (χ3n) is 5.32. The maximum absolute atomic E-state index is 12.6. The van der Waals surface area contributed by atoms with Crippen molar-refractivity contribution in [1.82, 2.24) is 9.88 Å². The molecule has 3 aromatic rings. The molecule has 5 heteroatoms. The number of benzene rings is 2. The standard InChI is InChI=1S/C23H25N3O2/c1-2-28-19-9-7-18(8-10-19)25-23(27)26-15-12-17(13-16-26)20-11-14-24-22-6-4-3-5-21(20)22/h3-11,14,17H,2,12-13,15-16H2,1H3,(H,25,27). The number of para-hydroxylation sites is 1. The summed E-state index contributed by atoms with van der Waals surface area (Å²) in [5.74, 6) is 1.27. The molecular formula is C23H25N3O2. The van der Waals surface area contributed by atoms with Gasteiger partial charge in [0.15, 0.2) is 0 Å². The number of nitrogens with one attached hydrogen (secondary N) is 1. The third-order valence-corrected chi connectivity index (χ3v) is 5.32. The first-order valence-corrected chi connectivity index (χ1v) is 9.87. The van der Waals surface area contributed by atoms with Gasteiger partial charge in [-0.25, -0.2) is 4.79 Å². The summed E-state index contributed by atoms with van der Waals surface area (Å²) in [7, 11) is 0. The number of carbonyl (C=O) groups is 1. The second-order valence-corrected chi connectivity index (χ2v) is 7.07. The van der Waals surface area contributed by atoms with Crippen LogP contribution in [0.1, 0.15) is 31.2 Å². The molecular weight excluding hydrogens is 350 g/mol. The van der Waals surface area contributed by atoms with Gasteiger partial charge in [0.05, 0.1) is 12.1 Å². The Balaban J connectivity index is 1.37. The number of aromatic nitrogens is 1. The lowest BCUT2D eigenvalue weighted by Crippen LogP contribution is -2.40. The molecule has 2 aromatic carbocycles. The van der Waals surface area contributed by atoms with Gasteiger partial charge in [0.25, 0.3) is 0 Å². The molecule has 5 nitrogen and oxygen atoms in total. The number of anilines is 1. The van der Waals surface area contributed by atoms with Crippen molar-refractivity contribution in [1.29, 1.82) is 0 Å². The first-order valence-electron chi connectivity index (χ1n) is 9.87. The lowest BCUT2D eigenvalue weighted by Gasteiger charge is -2.32. The highest BCUT2D eigenvalue weighted by atomic mass is 16.5. The molecule has 0 atom stereocenters. The highest BCUT2D eigenvalue weighted by molar-refractivity contribution is 5.89. The zero-order chi connectivity index (χ0) is 19.3. The van der Waals surface area contributed by atoms with Crippen LogP contribution in [-0.4, -0.2) is 35.6 Å². The fraction of sp³-hybridized carbons (Fsp3) is 0.304. The first kappa shape index (κ1) is 18.3. The van der Waals surface area contributed by atoms with Crippen LogP contribution in [0.2, 0.25) is 0 Å². The Morgan fingerprint density at radius 3 is 2.61 bits per heavy atom. The summed E-state index contributed by atoms with van der Waals surface area (Å²) >= 11 is 0. The Kier molecular flexibility index (Phi) is 5.42. The minimum Gasteiger partial charge on any atom is -0.494 e. The van der Waals surface area contributed by atoms with E-state index in [0.717, 1.165) is 42.9 Å². The van der Waals surface area contributed by atoms with E-state index in [0.29, 0.717) is 12.5 Å². The van der Waals surface area contributed by atoms with E-state index in [4.69, 9.17) is 4.74 Å². The topological polar surface area (TPSA) is 54.5 Å². The van der Waals surface area contributed by atoms with Crippen molar-refractivity contribution in [3.63, 3.8) is 0 Å². The van der Waals surface area contributed by atoms with Gasteiger partial charge in [0, 0.05) is 30.4 Å². The number of hydrogen-bond acceptors (Lipinski definition) is 3. The number of pyridine rings is 1. The highest BCUT2D eigenvalue weighted by Gasteiger charge is 2.25. The molecule has 0 radical (unpaired) electrons. The molecule has 144 valence electrons. The quantitative estimate of drug-likeness (QED) is 0.695. The van der Waals surface area contributed by atoms with Crippen LogP contribution in [0.25, 0.3) is 10.9 Å². The van der Waals surface area contributed by atoms with Crippen molar-refractivity contribution in [3.05, 3.63) is 66.4 Å². The van der Waals surface area contributed by atoms with E-state index < -0.39 is 0 Å². The van der Waals surface area contributed by atoms with E-state index in [1.807, 2.05) is 48.4 Å². The molecule has 0 aliphatic carbocycles. The molecule has 0 spiro atoms.